The van der Waals surface area contributed by atoms with Gasteiger partial charge in [-0.25, -0.2) is 18.6 Å². The van der Waals surface area contributed by atoms with Crippen LogP contribution in [0.15, 0.2) is 42.7 Å². The minimum absolute atomic E-state index is 0.0920. The fraction of sp³-hybridized carbons (Fsp3) is 0.524. The van der Waals surface area contributed by atoms with Crippen molar-refractivity contribution in [3.8, 4) is 0 Å². The number of carbonyl (C=O) groups is 1. The van der Waals surface area contributed by atoms with Gasteiger partial charge in [-0.2, -0.15) is 0 Å². The van der Waals surface area contributed by atoms with E-state index in [2.05, 4.69) is 4.98 Å². The molecule has 2 aromatic rings. The maximum Gasteiger partial charge on any atom is 0.343 e. The summed E-state index contributed by atoms with van der Waals surface area (Å²) in [6.07, 6.45) is 3.94. The quantitative estimate of drug-likeness (QED) is 0.574. The van der Waals surface area contributed by atoms with Crippen LogP contribution in [0.3, 0.4) is 0 Å². The molecule has 7 heteroatoms. The number of hydrogen-bond donors (Lipinski definition) is 1. The Morgan fingerprint density at radius 2 is 2.14 bits per heavy atom. The number of esters is 1. The Hall–Kier alpha value is -2.28. The Balaban J connectivity index is 1.71. The van der Waals surface area contributed by atoms with E-state index in [9.17, 15) is 18.7 Å². The second-order valence-corrected chi connectivity index (χ2v) is 7.44. The Morgan fingerprint density at radius 1 is 1.39 bits per heavy atom. The van der Waals surface area contributed by atoms with Crippen LogP contribution in [0.4, 0.5) is 8.78 Å². The van der Waals surface area contributed by atoms with Gasteiger partial charge in [-0.3, -0.25) is 0 Å². The zero-order valence-corrected chi connectivity index (χ0v) is 16.0. The van der Waals surface area contributed by atoms with Crippen LogP contribution in [0, 0.1) is 12.8 Å². The third kappa shape index (κ3) is 4.41. The summed E-state index contributed by atoms with van der Waals surface area (Å²) >= 11 is 0. The predicted molar refractivity (Wildman–Crippen MR) is 99.8 cm³/mol. The highest BCUT2D eigenvalue weighted by Crippen LogP contribution is 2.45. The summed E-state index contributed by atoms with van der Waals surface area (Å²) in [4.78, 5) is 17.0. The third-order valence-corrected chi connectivity index (χ3v) is 5.46. The fourth-order valence-electron chi connectivity index (χ4n) is 3.89. The van der Waals surface area contributed by atoms with Gasteiger partial charge in [0.15, 0.2) is 5.60 Å². The largest absolute Gasteiger partial charge is 0.463 e. The number of nitrogens with zero attached hydrogens (tertiary/aromatic N) is 2. The molecule has 0 unspecified atom stereocenters. The van der Waals surface area contributed by atoms with E-state index in [1.807, 2.05) is 17.7 Å². The van der Waals surface area contributed by atoms with E-state index in [1.165, 1.54) is 0 Å². The summed E-state index contributed by atoms with van der Waals surface area (Å²) in [6, 6.07) is 8.27. The lowest BCUT2D eigenvalue weighted by molar-refractivity contribution is -0.182. The average Bonchev–Trinajstić information content (AvgIpc) is 3.09. The zero-order chi connectivity index (χ0) is 20.2. The summed E-state index contributed by atoms with van der Waals surface area (Å²) in [5, 5.41) is 11.3. The first-order valence-corrected chi connectivity index (χ1v) is 9.63. The van der Waals surface area contributed by atoms with Gasteiger partial charge in [0.25, 0.3) is 0 Å². The number of halogens is 2. The first kappa shape index (κ1) is 20.5. The summed E-state index contributed by atoms with van der Waals surface area (Å²) < 4.78 is 35.3. The van der Waals surface area contributed by atoms with E-state index in [-0.39, 0.29) is 19.4 Å². The highest BCUT2D eigenvalue weighted by atomic mass is 19.3. The minimum atomic E-state index is -2.88. The Kier molecular flexibility index (Phi) is 6.13. The second-order valence-electron chi connectivity index (χ2n) is 7.44. The van der Waals surface area contributed by atoms with E-state index in [0.29, 0.717) is 24.9 Å². The van der Waals surface area contributed by atoms with Gasteiger partial charge in [0.2, 0.25) is 5.92 Å². The molecule has 1 heterocycles. The molecule has 1 aliphatic rings. The normalized spacial score (nSPS) is 21.1. The van der Waals surface area contributed by atoms with Crippen molar-refractivity contribution >= 4 is 5.97 Å². The smallest absolute Gasteiger partial charge is 0.343 e. The maximum absolute atomic E-state index is 14.0. The lowest BCUT2D eigenvalue weighted by Crippen LogP contribution is -2.48. The second kappa shape index (κ2) is 8.39. The SMILES string of the molecule is Cc1nccn1CCCOC(=O)[C@](O)(c1ccccc1)[C@H]1CCCC(F)(F)C1. The number of benzene rings is 1. The number of hydrogen-bond acceptors (Lipinski definition) is 4. The molecule has 152 valence electrons. The minimum Gasteiger partial charge on any atom is -0.463 e. The highest BCUT2D eigenvalue weighted by molar-refractivity contribution is 5.81. The molecule has 0 amide bonds. The number of aliphatic hydroxyl groups is 1. The summed E-state index contributed by atoms with van der Waals surface area (Å²) in [6.45, 7) is 2.59. The average molecular weight is 392 g/mol. The third-order valence-electron chi connectivity index (χ3n) is 5.46. The molecule has 0 radical (unpaired) electrons. The first-order valence-electron chi connectivity index (χ1n) is 9.63. The number of aryl methyl sites for hydroxylation is 2. The molecule has 0 bridgehead atoms. The van der Waals surface area contributed by atoms with Crippen LogP contribution in [0.2, 0.25) is 0 Å². The molecule has 0 spiro atoms. The molecule has 5 nitrogen and oxygen atoms in total. The van der Waals surface area contributed by atoms with Crippen molar-refractivity contribution in [3.05, 3.63) is 54.1 Å². The molecular formula is C21H26F2N2O3. The summed E-state index contributed by atoms with van der Waals surface area (Å²) in [5.74, 6) is -3.77. The van der Waals surface area contributed by atoms with E-state index < -0.39 is 29.8 Å². The van der Waals surface area contributed by atoms with Crippen molar-refractivity contribution in [3.63, 3.8) is 0 Å². The molecule has 28 heavy (non-hydrogen) atoms. The van der Waals surface area contributed by atoms with Gasteiger partial charge < -0.3 is 14.4 Å². The van der Waals surface area contributed by atoms with Crippen LogP contribution in [-0.2, 0) is 21.7 Å². The maximum atomic E-state index is 14.0. The van der Waals surface area contributed by atoms with Gasteiger partial charge >= 0.3 is 5.97 Å². The fourth-order valence-corrected chi connectivity index (χ4v) is 3.89. The van der Waals surface area contributed by atoms with Gasteiger partial charge in [-0.1, -0.05) is 30.3 Å². The number of carbonyl (C=O) groups excluding carboxylic acids is 1. The van der Waals surface area contributed by atoms with Crippen LogP contribution in [-0.4, -0.2) is 33.2 Å². The van der Waals surface area contributed by atoms with Crippen molar-refractivity contribution in [1.82, 2.24) is 9.55 Å². The molecule has 1 N–H and O–H groups in total. The van der Waals surface area contributed by atoms with Crippen LogP contribution in [0.1, 0.15) is 43.5 Å². The van der Waals surface area contributed by atoms with E-state index >= 15 is 0 Å². The molecule has 1 aromatic carbocycles. The predicted octanol–water partition coefficient (Wildman–Crippen LogP) is 3.84. The lowest BCUT2D eigenvalue weighted by Gasteiger charge is -2.39. The van der Waals surface area contributed by atoms with Crippen LogP contribution >= 0.6 is 0 Å². The van der Waals surface area contributed by atoms with Crippen molar-refractivity contribution in [2.24, 2.45) is 5.92 Å². The monoisotopic (exact) mass is 392 g/mol. The van der Waals surface area contributed by atoms with Crippen molar-refractivity contribution in [2.75, 3.05) is 6.61 Å². The summed E-state index contributed by atoms with van der Waals surface area (Å²) in [7, 11) is 0. The number of rotatable bonds is 7. The van der Waals surface area contributed by atoms with Crippen molar-refractivity contribution in [1.29, 1.82) is 0 Å². The van der Waals surface area contributed by atoms with Gasteiger partial charge in [-0.15, -0.1) is 0 Å². The lowest BCUT2D eigenvalue weighted by atomic mass is 9.72. The van der Waals surface area contributed by atoms with Crippen molar-refractivity contribution < 1.29 is 23.4 Å². The molecule has 1 saturated carbocycles. The van der Waals surface area contributed by atoms with Gasteiger partial charge in [-0.05, 0) is 31.7 Å². The zero-order valence-electron chi connectivity index (χ0n) is 16.0. The molecule has 1 fully saturated rings. The molecule has 2 atom stereocenters. The van der Waals surface area contributed by atoms with Crippen LogP contribution < -0.4 is 0 Å². The molecule has 0 aliphatic heterocycles. The van der Waals surface area contributed by atoms with Crippen LogP contribution in [0.25, 0.3) is 0 Å². The number of ether oxygens (including phenoxy) is 1. The number of imidazole rings is 1. The van der Waals surface area contributed by atoms with Gasteiger partial charge in [0.1, 0.15) is 5.82 Å². The molecule has 1 aliphatic carbocycles. The van der Waals surface area contributed by atoms with E-state index in [1.54, 1.807) is 36.5 Å². The number of aromatic nitrogens is 2. The van der Waals surface area contributed by atoms with Crippen LogP contribution in [0.5, 0.6) is 0 Å². The Labute approximate surface area is 163 Å². The number of alkyl halides is 2. The molecule has 0 saturated heterocycles. The molecule has 3 rings (SSSR count). The topological polar surface area (TPSA) is 64.4 Å². The first-order chi connectivity index (χ1) is 13.3. The van der Waals surface area contributed by atoms with Gasteiger partial charge in [0, 0.05) is 37.7 Å². The van der Waals surface area contributed by atoms with Crippen molar-refractivity contribution in [2.45, 2.75) is 57.1 Å². The molecular weight excluding hydrogens is 366 g/mol. The standard InChI is InChI=1S/C21H26F2N2O3/c1-16-24-11-13-25(16)12-6-14-28-19(26)21(27,17-7-3-2-4-8-17)18-9-5-10-20(22,23)15-18/h2-4,7-8,11,13,18,27H,5-6,9-10,12,14-15H2,1H3/t18-,21-/m0/s1. The van der Waals surface area contributed by atoms with Gasteiger partial charge in [0.05, 0.1) is 6.61 Å². The van der Waals surface area contributed by atoms with E-state index in [4.69, 9.17) is 4.74 Å². The molecule has 1 aromatic heterocycles. The van der Waals surface area contributed by atoms with E-state index in [0.717, 1.165) is 5.82 Å². The Morgan fingerprint density at radius 3 is 2.79 bits per heavy atom. The highest BCUT2D eigenvalue weighted by Gasteiger charge is 2.52. The summed E-state index contributed by atoms with van der Waals surface area (Å²) in [5.41, 5.74) is -1.77. The Bertz CT molecular complexity index is 794.